The lowest BCUT2D eigenvalue weighted by Crippen LogP contribution is -2.05. The second kappa shape index (κ2) is 5.30. The van der Waals surface area contributed by atoms with E-state index < -0.39 is 0 Å². The number of nitrogens with zero attached hydrogens (tertiary/aromatic N) is 2. The highest BCUT2D eigenvalue weighted by Crippen LogP contribution is 2.19. The van der Waals surface area contributed by atoms with Crippen LogP contribution in [-0.2, 0) is 0 Å². The summed E-state index contributed by atoms with van der Waals surface area (Å²) in [6, 6.07) is 10.0. The maximum absolute atomic E-state index is 5.73. The third kappa shape index (κ3) is 2.93. The van der Waals surface area contributed by atoms with Crippen LogP contribution in [0.5, 0.6) is 5.88 Å². The molecule has 4 nitrogen and oxygen atoms in total. The molecule has 4 heteroatoms. The molecule has 1 atom stereocenters. The molecule has 0 aliphatic heterocycles. The minimum absolute atomic E-state index is 0.0439. The molecule has 0 spiro atoms. The molecule has 2 aromatic rings. The molecule has 0 bridgehead atoms. The molecule has 0 amide bonds. The average molecular weight is 229 g/mol. The normalized spacial score (nSPS) is 11.9. The molecule has 1 heterocycles. The largest absolute Gasteiger partial charge is 0.469 e. The fraction of sp³-hybridized carbons (Fsp3) is 0.231. The Morgan fingerprint density at radius 2 is 1.94 bits per heavy atom. The van der Waals surface area contributed by atoms with Crippen molar-refractivity contribution >= 4 is 5.82 Å². The van der Waals surface area contributed by atoms with E-state index >= 15 is 0 Å². The number of nitrogens with one attached hydrogen (secondary N) is 1. The molecule has 1 unspecified atom stereocenters. The lowest BCUT2D eigenvalue weighted by Gasteiger charge is -2.14. The number of ether oxygens (including phenoxy) is 1. The van der Waals surface area contributed by atoms with Crippen LogP contribution in [0, 0.1) is 0 Å². The summed E-state index contributed by atoms with van der Waals surface area (Å²) in [6.45, 7) is 1.99. The van der Waals surface area contributed by atoms with Crippen LogP contribution in [0.25, 0.3) is 0 Å². The average Bonchev–Trinajstić information content (AvgIpc) is 2.40. The van der Waals surface area contributed by atoms with E-state index in [1.54, 1.807) is 19.4 Å². The van der Waals surface area contributed by atoms with Crippen molar-refractivity contribution in [1.29, 1.82) is 0 Å². The van der Waals surface area contributed by atoms with Crippen LogP contribution in [0.3, 0.4) is 0 Å². The molecule has 88 valence electrons. The molecule has 1 aromatic carbocycles. The van der Waals surface area contributed by atoms with Gasteiger partial charge in [0.15, 0.2) is 0 Å². The van der Waals surface area contributed by atoms with E-state index in [4.69, 9.17) is 4.74 Å². The standard InChI is InChI=1S/C13H15N3O/c1-10(11-6-4-3-5-7-11)17-13-9-15-8-12(14-2)16-13/h3-10H,1-2H3,(H,14,16). The summed E-state index contributed by atoms with van der Waals surface area (Å²) < 4.78 is 5.73. The van der Waals surface area contributed by atoms with Crippen molar-refractivity contribution in [3.63, 3.8) is 0 Å². The predicted molar refractivity (Wildman–Crippen MR) is 67.1 cm³/mol. The molecule has 17 heavy (non-hydrogen) atoms. The zero-order valence-electron chi connectivity index (χ0n) is 9.92. The molecule has 1 aromatic heterocycles. The molecule has 2 rings (SSSR count). The fourth-order valence-electron chi connectivity index (χ4n) is 1.50. The van der Waals surface area contributed by atoms with E-state index in [1.807, 2.05) is 37.3 Å². The van der Waals surface area contributed by atoms with Crippen LogP contribution in [0.1, 0.15) is 18.6 Å². The van der Waals surface area contributed by atoms with E-state index in [-0.39, 0.29) is 6.10 Å². The van der Waals surface area contributed by atoms with Crippen molar-refractivity contribution < 1.29 is 4.74 Å². The predicted octanol–water partition coefficient (Wildman–Crippen LogP) is 2.66. The van der Waals surface area contributed by atoms with Crippen LogP contribution in [-0.4, -0.2) is 17.0 Å². The fourth-order valence-corrected chi connectivity index (χ4v) is 1.50. The number of anilines is 1. The summed E-state index contributed by atoms with van der Waals surface area (Å²) in [5, 5.41) is 2.93. The van der Waals surface area contributed by atoms with Gasteiger partial charge >= 0.3 is 0 Å². The molecule has 0 aliphatic rings. The number of benzene rings is 1. The third-order valence-corrected chi connectivity index (χ3v) is 2.44. The zero-order valence-corrected chi connectivity index (χ0v) is 9.92. The number of hydrogen-bond acceptors (Lipinski definition) is 4. The molecule has 0 saturated carbocycles. The maximum Gasteiger partial charge on any atom is 0.234 e. The van der Waals surface area contributed by atoms with Gasteiger partial charge in [0.1, 0.15) is 11.9 Å². The van der Waals surface area contributed by atoms with Crippen LogP contribution in [0.4, 0.5) is 5.82 Å². The first-order valence-electron chi connectivity index (χ1n) is 5.51. The van der Waals surface area contributed by atoms with Crippen molar-refractivity contribution in [2.45, 2.75) is 13.0 Å². The van der Waals surface area contributed by atoms with Gasteiger partial charge in [0.25, 0.3) is 0 Å². The Labute approximate surface area is 101 Å². The van der Waals surface area contributed by atoms with Crippen molar-refractivity contribution in [2.24, 2.45) is 0 Å². The van der Waals surface area contributed by atoms with Crippen molar-refractivity contribution in [3.05, 3.63) is 48.3 Å². The first-order valence-corrected chi connectivity index (χ1v) is 5.51. The Bertz CT molecular complexity index is 473. The first kappa shape index (κ1) is 11.4. The maximum atomic E-state index is 5.73. The van der Waals surface area contributed by atoms with E-state index in [2.05, 4.69) is 15.3 Å². The highest BCUT2D eigenvalue weighted by atomic mass is 16.5. The van der Waals surface area contributed by atoms with Crippen molar-refractivity contribution in [2.75, 3.05) is 12.4 Å². The highest BCUT2D eigenvalue weighted by Gasteiger charge is 2.07. The molecular formula is C13H15N3O. The van der Waals surface area contributed by atoms with E-state index in [0.717, 1.165) is 5.56 Å². The van der Waals surface area contributed by atoms with Gasteiger partial charge in [0.05, 0.1) is 12.4 Å². The van der Waals surface area contributed by atoms with Gasteiger partial charge in [-0.1, -0.05) is 30.3 Å². The van der Waals surface area contributed by atoms with Gasteiger partial charge in [-0.3, -0.25) is 4.98 Å². The van der Waals surface area contributed by atoms with Gasteiger partial charge in [-0.15, -0.1) is 0 Å². The second-order valence-electron chi connectivity index (χ2n) is 3.66. The molecule has 1 N–H and O–H groups in total. The molecular weight excluding hydrogens is 214 g/mol. The Hall–Kier alpha value is -2.10. The zero-order chi connectivity index (χ0) is 12.1. The van der Waals surface area contributed by atoms with Gasteiger partial charge in [0.2, 0.25) is 5.88 Å². The number of rotatable bonds is 4. The number of hydrogen-bond donors (Lipinski definition) is 1. The van der Waals surface area contributed by atoms with Crippen molar-refractivity contribution in [3.8, 4) is 5.88 Å². The minimum Gasteiger partial charge on any atom is -0.469 e. The second-order valence-corrected chi connectivity index (χ2v) is 3.66. The third-order valence-electron chi connectivity index (χ3n) is 2.44. The quantitative estimate of drug-likeness (QED) is 0.875. The van der Waals surface area contributed by atoms with Gasteiger partial charge in [-0.25, -0.2) is 0 Å². The van der Waals surface area contributed by atoms with Gasteiger partial charge < -0.3 is 10.1 Å². The lowest BCUT2D eigenvalue weighted by molar-refractivity contribution is 0.217. The Kier molecular flexibility index (Phi) is 3.55. The highest BCUT2D eigenvalue weighted by molar-refractivity contribution is 5.32. The van der Waals surface area contributed by atoms with Gasteiger partial charge in [0, 0.05) is 7.05 Å². The van der Waals surface area contributed by atoms with E-state index in [0.29, 0.717) is 11.7 Å². The van der Waals surface area contributed by atoms with Crippen LogP contribution >= 0.6 is 0 Å². The monoisotopic (exact) mass is 229 g/mol. The Morgan fingerprint density at radius 1 is 1.18 bits per heavy atom. The smallest absolute Gasteiger partial charge is 0.234 e. The number of aromatic nitrogens is 2. The topological polar surface area (TPSA) is 47.0 Å². The van der Waals surface area contributed by atoms with E-state index in [1.165, 1.54) is 0 Å². The summed E-state index contributed by atoms with van der Waals surface area (Å²) in [5.41, 5.74) is 1.11. The minimum atomic E-state index is -0.0439. The summed E-state index contributed by atoms with van der Waals surface area (Å²) in [5.74, 6) is 1.22. The van der Waals surface area contributed by atoms with E-state index in [9.17, 15) is 0 Å². The first-order chi connectivity index (χ1) is 8.29. The molecule has 0 saturated heterocycles. The Morgan fingerprint density at radius 3 is 2.65 bits per heavy atom. The lowest BCUT2D eigenvalue weighted by atomic mass is 10.1. The van der Waals surface area contributed by atoms with Crippen LogP contribution < -0.4 is 10.1 Å². The van der Waals surface area contributed by atoms with Crippen molar-refractivity contribution in [1.82, 2.24) is 9.97 Å². The van der Waals surface area contributed by atoms with Gasteiger partial charge in [-0.2, -0.15) is 4.98 Å². The van der Waals surface area contributed by atoms with Crippen LogP contribution in [0.2, 0.25) is 0 Å². The summed E-state index contributed by atoms with van der Waals surface area (Å²) in [7, 11) is 1.80. The summed E-state index contributed by atoms with van der Waals surface area (Å²) in [4.78, 5) is 8.31. The summed E-state index contributed by atoms with van der Waals surface area (Å²) >= 11 is 0. The molecule has 0 fully saturated rings. The molecule has 0 radical (unpaired) electrons. The summed E-state index contributed by atoms with van der Waals surface area (Å²) in [6.07, 6.45) is 3.22. The molecule has 0 aliphatic carbocycles. The van der Waals surface area contributed by atoms with Crippen LogP contribution in [0.15, 0.2) is 42.7 Å². The van der Waals surface area contributed by atoms with Gasteiger partial charge in [-0.05, 0) is 12.5 Å². The Balaban J connectivity index is 2.10. The SMILES string of the molecule is CNc1cncc(OC(C)c2ccccc2)n1.